The molecule has 0 saturated heterocycles. The second-order valence-corrected chi connectivity index (χ2v) is 7.84. The first-order valence-electron chi connectivity index (χ1n) is 8.88. The largest absolute Gasteiger partial charge is 0.416 e. The average Bonchev–Trinajstić information content (AvgIpc) is 3.16. The molecule has 0 aliphatic rings. The molecule has 0 aliphatic carbocycles. The first-order chi connectivity index (χ1) is 13.3. The molecule has 1 amide bonds. The van der Waals surface area contributed by atoms with Crippen LogP contribution in [0.3, 0.4) is 0 Å². The summed E-state index contributed by atoms with van der Waals surface area (Å²) >= 11 is 1.21. The quantitative estimate of drug-likeness (QED) is 0.477. The standard InChI is InChI=1S/C22H20F3NOS/c1-15(2)26(14-16-7-4-3-5-8-16)21(27)20-12-11-19(28-20)17-9-6-10-18(13-17)22(23,24)25/h3-13,15H,14H2,1-2H3. The maximum absolute atomic E-state index is 13.0. The summed E-state index contributed by atoms with van der Waals surface area (Å²) in [4.78, 5) is 15.9. The number of rotatable bonds is 5. The molecule has 1 aromatic heterocycles. The molecule has 0 unspecified atom stereocenters. The van der Waals surface area contributed by atoms with Crippen molar-refractivity contribution in [2.45, 2.75) is 32.6 Å². The SMILES string of the molecule is CC(C)N(Cc1ccccc1)C(=O)c1ccc(-c2cccc(C(F)(F)F)c2)s1. The van der Waals surface area contributed by atoms with Crippen molar-refractivity contribution in [3.8, 4) is 10.4 Å². The number of hydrogen-bond donors (Lipinski definition) is 0. The van der Waals surface area contributed by atoms with Crippen molar-refractivity contribution in [1.29, 1.82) is 0 Å². The Morgan fingerprint density at radius 1 is 1.00 bits per heavy atom. The van der Waals surface area contributed by atoms with E-state index in [1.165, 1.54) is 17.4 Å². The van der Waals surface area contributed by atoms with E-state index in [0.717, 1.165) is 17.7 Å². The maximum atomic E-state index is 13.0. The smallest absolute Gasteiger partial charge is 0.331 e. The van der Waals surface area contributed by atoms with Crippen molar-refractivity contribution in [1.82, 2.24) is 4.90 Å². The second-order valence-electron chi connectivity index (χ2n) is 6.75. The number of nitrogens with zero attached hydrogens (tertiary/aromatic N) is 1. The van der Waals surface area contributed by atoms with Gasteiger partial charge in [-0.15, -0.1) is 11.3 Å². The van der Waals surface area contributed by atoms with Gasteiger partial charge in [0.15, 0.2) is 0 Å². The van der Waals surface area contributed by atoms with Crippen molar-refractivity contribution in [2.24, 2.45) is 0 Å². The first-order valence-corrected chi connectivity index (χ1v) is 9.69. The number of benzene rings is 2. The number of thiophene rings is 1. The summed E-state index contributed by atoms with van der Waals surface area (Å²) in [7, 11) is 0. The van der Waals surface area contributed by atoms with Crippen LogP contribution in [0.2, 0.25) is 0 Å². The van der Waals surface area contributed by atoms with Crippen molar-refractivity contribution >= 4 is 17.2 Å². The Hall–Kier alpha value is -2.60. The van der Waals surface area contributed by atoms with Gasteiger partial charge in [0.2, 0.25) is 0 Å². The Kier molecular flexibility index (Phi) is 5.89. The van der Waals surface area contributed by atoms with Gasteiger partial charge in [0, 0.05) is 17.5 Å². The fourth-order valence-corrected chi connectivity index (χ4v) is 3.83. The van der Waals surface area contributed by atoms with Crippen LogP contribution >= 0.6 is 11.3 Å². The molecule has 28 heavy (non-hydrogen) atoms. The van der Waals surface area contributed by atoms with E-state index in [1.54, 1.807) is 23.1 Å². The highest BCUT2D eigenvalue weighted by Gasteiger charge is 2.30. The van der Waals surface area contributed by atoms with E-state index in [1.807, 2.05) is 44.2 Å². The highest BCUT2D eigenvalue weighted by atomic mass is 32.1. The lowest BCUT2D eigenvalue weighted by Gasteiger charge is -2.26. The Morgan fingerprint density at radius 2 is 1.71 bits per heavy atom. The number of alkyl halides is 3. The molecule has 0 atom stereocenters. The first kappa shape index (κ1) is 20.1. The third kappa shape index (κ3) is 4.62. The fourth-order valence-electron chi connectivity index (χ4n) is 2.87. The molecule has 6 heteroatoms. The van der Waals surface area contributed by atoms with E-state index < -0.39 is 11.7 Å². The molecule has 3 rings (SSSR count). The molecule has 1 heterocycles. The van der Waals surface area contributed by atoms with Gasteiger partial charge in [-0.2, -0.15) is 13.2 Å². The van der Waals surface area contributed by atoms with Crippen LogP contribution in [0.25, 0.3) is 10.4 Å². The lowest BCUT2D eigenvalue weighted by Crippen LogP contribution is -2.35. The zero-order valence-electron chi connectivity index (χ0n) is 15.5. The predicted molar refractivity (Wildman–Crippen MR) is 106 cm³/mol. The third-order valence-electron chi connectivity index (χ3n) is 4.37. The van der Waals surface area contributed by atoms with E-state index >= 15 is 0 Å². The number of carbonyl (C=O) groups is 1. The van der Waals surface area contributed by atoms with Gasteiger partial charge >= 0.3 is 6.18 Å². The minimum atomic E-state index is -4.39. The Labute approximate surface area is 166 Å². The normalized spacial score (nSPS) is 11.6. The van der Waals surface area contributed by atoms with Gasteiger partial charge in [0.25, 0.3) is 5.91 Å². The van der Waals surface area contributed by atoms with Crippen molar-refractivity contribution in [3.05, 3.63) is 82.7 Å². The summed E-state index contributed by atoms with van der Waals surface area (Å²) in [5.74, 6) is -0.123. The molecule has 0 aliphatic heterocycles. The van der Waals surface area contributed by atoms with Crippen molar-refractivity contribution in [2.75, 3.05) is 0 Å². The van der Waals surface area contributed by atoms with Crippen molar-refractivity contribution < 1.29 is 18.0 Å². The third-order valence-corrected chi connectivity index (χ3v) is 5.49. The van der Waals surface area contributed by atoms with Gasteiger partial charge in [0.05, 0.1) is 10.4 Å². The lowest BCUT2D eigenvalue weighted by molar-refractivity contribution is -0.137. The molecule has 0 fully saturated rings. The highest BCUT2D eigenvalue weighted by molar-refractivity contribution is 7.17. The Morgan fingerprint density at radius 3 is 2.36 bits per heavy atom. The molecule has 0 bridgehead atoms. The number of halogens is 3. The molecule has 2 nitrogen and oxygen atoms in total. The fraction of sp³-hybridized carbons (Fsp3) is 0.227. The van der Waals surface area contributed by atoms with Crippen LogP contribution in [-0.4, -0.2) is 16.8 Å². The molecule has 0 radical (unpaired) electrons. The van der Waals surface area contributed by atoms with Gasteiger partial charge in [0.1, 0.15) is 0 Å². The molecular weight excluding hydrogens is 383 g/mol. The summed E-state index contributed by atoms with van der Waals surface area (Å²) in [6.07, 6.45) is -4.39. The van der Waals surface area contributed by atoms with Crippen molar-refractivity contribution in [3.63, 3.8) is 0 Å². The maximum Gasteiger partial charge on any atom is 0.416 e. The minimum absolute atomic E-state index is 0.00758. The van der Waals surface area contributed by atoms with Crippen LogP contribution in [0.5, 0.6) is 0 Å². The summed E-state index contributed by atoms with van der Waals surface area (Å²) in [5, 5.41) is 0. The topological polar surface area (TPSA) is 20.3 Å². The van der Waals surface area contributed by atoms with Crippen LogP contribution in [-0.2, 0) is 12.7 Å². The predicted octanol–water partition coefficient (Wildman–Crippen LogP) is 6.48. The number of hydrogen-bond acceptors (Lipinski definition) is 2. The number of amides is 1. The van der Waals surface area contributed by atoms with E-state index in [9.17, 15) is 18.0 Å². The van der Waals surface area contributed by atoms with Crippen LogP contribution in [0, 0.1) is 0 Å². The summed E-state index contributed by atoms with van der Waals surface area (Å²) in [6.45, 7) is 4.37. The monoisotopic (exact) mass is 403 g/mol. The van der Waals surface area contributed by atoms with Crippen LogP contribution in [0.1, 0.15) is 34.6 Å². The Balaban J connectivity index is 1.85. The molecule has 0 N–H and O–H groups in total. The van der Waals surface area contributed by atoms with Gasteiger partial charge in [-0.3, -0.25) is 4.79 Å². The highest BCUT2D eigenvalue weighted by Crippen LogP contribution is 2.35. The van der Waals surface area contributed by atoms with Crippen LogP contribution in [0.4, 0.5) is 13.2 Å². The molecule has 146 valence electrons. The van der Waals surface area contributed by atoms with Crippen LogP contribution in [0.15, 0.2) is 66.7 Å². The minimum Gasteiger partial charge on any atom is -0.331 e. The number of carbonyl (C=O) groups excluding carboxylic acids is 1. The molecule has 2 aromatic carbocycles. The molecular formula is C22H20F3NOS. The second kappa shape index (κ2) is 8.19. The molecule has 0 saturated carbocycles. The summed E-state index contributed by atoms with van der Waals surface area (Å²) in [5.41, 5.74) is 0.788. The van der Waals surface area contributed by atoms with Gasteiger partial charge in [-0.25, -0.2) is 0 Å². The van der Waals surface area contributed by atoms with Gasteiger partial charge in [-0.1, -0.05) is 42.5 Å². The van der Waals surface area contributed by atoms with E-state index in [0.29, 0.717) is 21.9 Å². The van der Waals surface area contributed by atoms with E-state index in [2.05, 4.69) is 0 Å². The van der Waals surface area contributed by atoms with Crippen LogP contribution < -0.4 is 0 Å². The van der Waals surface area contributed by atoms with Gasteiger partial charge < -0.3 is 4.90 Å². The average molecular weight is 403 g/mol. The molecule has 3 aromatic rings. The lowest BCUT2D eigenvalue weighted by atomic mass is 10.1. The van der Waals surface area contributed by atoms with E-state index in [-0.39, 0.29) is 11.9 Å². The molecule has 0 spiro atoms. The van der Waals surface area contributed by atoms with E-state index in [4.69, 9.17) is 0 Å². The zero-order valence-corrected chi connectivity index (χ0v) is 16.3. The Bertz CT molecular complexity index is 948. The summed E-state index contributed by atoms with van der Waals surface area (Å²) < 4.78 is 38.9. The van der Waals surface area contributed by atoms with Gasteiger partial charge in [-0.05, 0) is 49.2 Å². The zero-order chi connectivity index (χ0) is 20.3. The summed E-state index contributed by atoms with van der Waals surface area (Å²) in [6, 6.07) is 18.2.